The minimum atomic E-state index is -0.101. The van der Waals surface area contributed by atoms with Crippen LogP contribution in [-0.2, 0) is 6.42 Å². The van der Waals surface area contributed by atoms with Gasteiger partial charge in [-0.1, -0.05) is 17.7 Å². The molecule has 9 heteroatoms. The number of hydrogen-bond acceptors (Lipinski definition) is 6. The SMILES string of the molecule is O=C(NCCc1csc2nc(-c3cccs3)nn12)c1ccc(Cl)s1. The number of rotatable bonds is 5. The number of amides is 1. The summed E-state index contributed by atoms with van der Waals surface area (Å²) in [7, 11) is 0. The summed E-state index contributed by atoms with van der Waals surface area (Å²) < 4.78 is 2.47. The van der Waals surface area contributed by atoms with Crippen molar-refractivity contribution in [2.45, 2.75) is 6.42 Å². The first-order valence-electron chi connectivity index (χ1n) is 7.11. The molecule has 0 aromatic carbocycles. The summed E-state index contributed by atoms with van der Waals surface area (Å²) in [6.07, 6.45) is 0.693. The quantitative estimate of drug-likeness (QED) is 0.551. The molecule has 1 amide bonds. The predicted molar refractivity (Wildman–Crippen MR) is 99.5 cm³/mol. The molecule has 0 unspecified atom stereocenters. The van der Waals surface area contributed by atoms with Gasteiger partial charge in [-0.3, -0.25) is 4.79 Å². The molecule has 0 saturated carbocycles. The van der Waals surface area contributed by atoms with E-state index < -0.39 is 0 Å². The lowest BCUT2D eigenvalue weighted by atomic mass is 10.3. The summed E-state index contributed by atoms with van der Waals surface area (Å²) in [5.41, 5.74) is 1.04. The molecule has 5 nitrogen and oxygen atoms in total. The first kappa shape index (κ1) is 15.8. The van der Waals surface area contributed by atoms with E-state index in [4.69, 9.17) is 11.6 Å². The number of thiazole rings is 1. The molecule has 1 N–H and O–H groups in total. The highest BCUT2D eigenvalue weighted by molar-refractivity contribution is 7.18. The molecule has 122 valence electrons. The largest absolute Gasteiger partial charge is 0.351 e. The Kier molecular flexibility index (Phi) is 4.36. The van der Waals surface area contributed by atoms with Gasteiger partial charge < -0.3 is 5.32 Å². The molecular formula is C15H11ClN4OS3. The van der Waals surface area contributed by atoms with Gasteiger partial charge in [0.2, 0.25) is 4.96 Å². The van der Waals surface area contributed by atoms with Crippen LogP contribution >= 0.6 is 45.6 Å². The van der Waals surface area contributed by atoms with Crippen LogP contribution in [-0.4, -0.2) is 27.0 Å². The van der Waals surface area contributed by atoms with Gasteiger partial charge in [-0.15, -0.1) is 39.1 Å². The van der Waals surface area contributed by atoms with Crippen molar-refractivity contribution in [1.29, 1.82) is 0 Å². The highest BCUT2D eigenvalue weighted by atomic mass is 35.5. The van der Waals surface area contributed by atoms with Gasteiger partial charge in [0.1, 0.15) is 0 Å². The van der Waals surface area contributed by atoms with Crippen LogP contribution in [0.5, 0.6) is 0 Å². The van der Waals surface area contributed by atoms with Crippen molar-refractivity contribution in [3.8, 4) is 10.7 Å². The second-order valence-corrected chi connectivity index (χ2v) is 8.44. The van der Waals surface area contributed by atoms with Gasteiger partial charge in [-0.2, -0.15) is 4.98 Å². The zero-order valence-corrected chi connectivity index (χ0v) is 15.4. The van der Waals surface area contributed by atoms with Gasteiger partial charge in [0, 0.05) is 18.3 Å². The number of nitrogens with one attached hydrogen (secondary N) is 1. The van der Waals surface area contributed by atoms with E-state index >= 15 is 0 Å². The summed E-state index contributed by atoms with van der Waals surface area (Å²) in [5, 5.41) is 11.5. The number of aromatic nitrogens is 3. The minimum Gasteiger partial charge on any atom is -0.351 e. The van der Waals surface area contributed by atoms with Crippen LogP contribution in [0.25, 0.3) is 15.7 Å². The summed E-state index contributed by atoms with van der Waals surface area (Å²) in [5.74, 6) is 0.645. The molecule has 4 aromatic rings. The van der Waals surface area contributed by atoms with Crippen LogP contribution in [0, 0.1) is 0 Å². The van der Waals surface area contributed by atoms with E-state index in [1.54, 1.807) is 34.8 Å². The van der Waals surface area contributed by atoms with Crippen LogP contribution in [0.3, 0.4) is 0 Å². The maximum absolute atomic E-state index is 12.0. The van der Waals surface area contributed by atoms with Gasteiger partial charge in [0.05, 0.1) is 19.8 Å². The fourth-order valence-corrected chi connectivity index (χ4v) is 4.70. The zero-order valence-electron chi connectivity index (χ0n) is 12.2. The van der Waals surface area contributed by atoms with Crippen molar-refractivity contribution < 1.29 is 4.79 Å². The molecule has 0 aliphatic rings. The van der Waals surface area contributed by atoms with E-state index in [0.717, 1.165) is 21.4 Å². The first-order valence-corrected chi connectivity index (χ1v) is 10.1. The third-order valence-electron chi connectivity index (χ3n) is 3.36. The van der Waals surface area contributed by atoms with Gasteiger partial charge >= 0.3 is 0 Å². The Labute approximate surface area is 154 Å². The summed E-state index contributed by atoms with van der Waals surface area (Å²) in [4.78, 5) is 19.1. The Balaban J connectivity index is 1.44. The molecule has 4 aromatic heterocycles. The molecule has 0 radical (unpaired) electrons. The molecule has 0 atom stereocenters. The number of nitrogens with zero attached hydrogens (tertiary/aromatic N) is 3. The zero-order chi connectivity index (χ0) is 16.5. The number of halogens is 1. The lowest BCUT2D eigenvalue weighted by Gasteiger charge is -2.02. The number of thiophene rings is 2. The average Bonchev–Trinajstić information content (AvgIpc) is 3.31. The molecule has 24 heavy (non-hydrogen) atoms. The molecule has 0 saturated heterocycles. The van der Waals surface area contributed by atoms with E-state index in [1.807, 2.05) is 27.4 Å². The molecule has 0 spiro atoms. The highest BCUT2D eigenvalue weighted by Crippen LogP contribution is 2.24. The van der Waals surface area contributed by atoms with Crippen LogP contribution in [0.15, 0.2) is 35.0 Å². The Morgan fingerprint density at radius 2 is 2.21 bits per heavy atom. The van der Waals surface area contributed by atoms with Crippen molar-refractivity contribution in [1.82, 2.24) is 19.9 Å². The topological polar surface area (TPSA) is 59.3 Å². The third kappa shape index (κ3) is 3.10. The van der Waals surface area contributed by atoms with Crippen LogP contribution in [0.4, 0.5) is 0 Å². The van der Waals surface area contributed by atoms with E-state index in [-0.39, 0.29) is 5.91 Å². The molecule has 0 bridgehead atoms. The third-order valence-corrected chi connectivity index (χ3v) is 6.32. The van der Waals surface area contributed by atoms with E-state index in [2.05, 4.69) is 15.4 Å². The normalized spacial score (nSPS) is 11.2. The van der Waals surface area contributed by atoms with Crippen LogP contribution in [0.1, 0.15) is 15.4 Å². The van der Waals surface area contributed by atoms with Gasteiger partial charge in [-0.25, -0.2) is 4.52 Å². The van der Waals surface area contributed by atoms with Gasteiger partial charge in [-0.05, 0) is 23.6 Å². The molecule has 0 aliphatic carbocycles. The fraction of sp³-hybridized carbons (Fsp3) is 0.133. The standard InChI is InChI=1S/C15H11ClN4OS3/c16-12-4-3-11(24-12)14(21)17-6-5-9-8-23-15-18-13(19-20(9)15)10-2-1-7-22-10/h1-4,7-8H,5-6H2,(H,17,21). The Morgan fingerprint density at radius 1 is 1.29 bits per heavy atom. The lowest BCUT2D eigenvalue weighted by molar-refractivity contribution is 0.0958. The number of fused-ring (bicyclic) bond motifs is 1. The Morgan fingerprint density at radius 3 is 2.96 bits per heavy atom. The monoisotopic (exact) mass is 394 g/mol. The van der Waals surface area contributed by atoms with E-state index in [0.29, 0.717) is 22.2 Å². The van der Waals surface area contributed by atoms with E-state index in [9.17, 15) is 4.79 Å². The molecule has 0 aliphatic heterocycles. The average molecular weight is 395 g/mol. The fourth-order valence-electron chi connectivity index (χ4n) is 2.23. The molecular weight excluding hydrogens is 384 g/mol. The maximum atomic E-state index is 12.0. The van der Waals surface area contributed by atoms with Crippen LogP contribution < -0.4 is 5.32 Å². The molecule has 0 fully saturated rings. The first-order chi connectivity index (χ1) is 11.7. The second-order valence-electron chi connectivity index (χ2n) is 4.94. The van der Waals surface area contributed by atoms with Crippen LogP contribution in [0.2, 0.25) is 4.34 Å². The second kappa shape index (κ2) is 6.64. The summed E-state index contributed by atoms with van der Waals surface area (Å²) in [6.45, 7) is 0.536. The predicted octanol–water partition coefficient (Wildman–Crippen LogP) is 4.21. The van der Waals surface area contributed by atoms with E-state index in [1.165, 1.54) is 11.3 Å². The summed E-state index contributed by atoms with van der Waals surface area (Å²) >= 11 is 10.3. The maximum Gasteiger partial charge on any atom is 0.261 e. The van der Waals surface area contributed by atoms with Gasteiger partial charge in [0.25, 0.3) is 5.91 Å². The lowest BCUT2D eigenvalue weighted by Crippen LogP contribution is -2.25. The van der Waals surface area contributed by atoms with Crippen molar-refractivity contribution >= 4 is 56.5 Å². The number of carbonyl (C=O) groups excluding carboxylic acids is 1. The summed E-state index contributed by atoms with van der Waals surface area (Å²) in [6, 6.07) is 7.46. The van der Waals surface area contributed by atoms with Crippen molar-refractivity contribution in [2.24, 2.45) is 0 Å². The van der Waals surface area contributed by atoms with Crippen molar-refractivity contribution in [2.75, 3.05) is 6.54 Å². The highest BCUT2D eigenvalue weighted by Gasteiger charge is 2.13. The molecule has 4 rings (SSSR count). The smallest absolute Gasteiger partial charge is 0.261 e. The Hall–Kier alpha value is -1.74. The molecule has 4 heterocycles. The van der Waals surface area contributed by atoms with Crippen molar-refractivity contribution in [3.05, 3.63) is 49.9 Å². The Bertz CT molecular complexity index is 986. The minimum absolute atomic E-state index is 0.101. The number of hydrogen-bond donors (Lipinski definition) is 1. The van der Waals surface area contributed by atoms with Crippen molar-refractivity contribution in [3.63, 3.8) is 0 Å². The van der Waals surface area contributed by atoms with Gasteiger partial charge in [0.15, 0.2) is 5.82 Å². The number of carbonyl (C=O) groups is 1.